The van der Waals surface area contributed by atoms with E-state index >= 15 is 0 Å². The van der Waals surface area contributed by atoms with Crippen molar-refractivity contribution in [2.45, 2.75) is 13.5 Å². The van der Waals surface area contributed by atoms with Crippen LogP contribution in [0.5, 0.6) is 0 Å². The van der Waals surface area contributed by atoms with E-state index < -0.39 is 30.0 Å². The fourth-order valence-electron chi connectivity index (χ4n) is 2.37. The SMILES string of the molecule is Cc1cc2c(=O)n(CC(=O)NCC(=O)Nc3ccc(F)cc3F)cnc2s1. The van der Waals surface area contributed by atoms with E-state index in [-0.39, 0.29) is 17.8 Å². The van der Waals surface area contributed by atoms with Crippen LogP contribution in [0.3, 0.4) is 0 Å². The first-order valence-corrected chi connectivity index (χ1v) is 8.62. The summed E-state index contributed by atoms with van der Waals surface area (Å²) in [5, 5.41) is 4.98. The first-order valence-electron chi connectivity index (χ1n) is 7.80. The maximum Gasteiger partial charge on any atom is 0.262 e. The van der Waals surface area contributed by atoms with Crippen LogP contribution in [0, 0.1) is 18.6 Å². The second-order valence-electron chi connectivity index (χ2n) is 5.70. The summed E-state index contributed by atoms with van der Waals surface area (Å²) in [4.78, 5) is 41.7. The summed E-state index contributed by atoms with van der Waals surface area (Å²) in [7, 11) is 0. The Morgan fingerprint density at radius 3 is 2.74 bits per heavy atom. The molecule has 3 aromatic rings. The van der Waals surface area contributed by atoms with E-state index in [2.05, 4.69) is 15.6 Å². The smallest absolute Gasteiger partial charge is 0.262 e. The molecule has 0 spiro atoms. The molecular formula is C17H14F2N4O3S. The number of rotatable bonds is 5. The number of thiophene rings is 1. The number of nitrogens with one attached hydrogen (secondary N) is 2. The summed E-state index contributed by atoms with van der Waals surface area (Å²) in [6, 6.07) is 4.41. The van der Waals surface area contributed by atoms with Crippen molar-refractivity contribution in [2.24, 2.45) is 0 Å². The molecule has 1 aromatic carbocycles. The third kappa shape index (κ3) is 4.34. The van der Waals surface area contributed by atoms with Crippen LogP contribution in [0.15, 0.2) is 35.4 Å². The van der Waals surface area contributed by atoms with Crippen molar-refractivity contribution in [1.29, 1.82) is 0 Å². The number of fused-ring (bicyclic) bond motifs is 1. The molecule has 2 aromatic heterocycles. The van der Waals surface area contributed by atoms with Gasteiger partial charge in [-0.3, -0.25) is 19.0 Å². The number of hydrogen-bond acceptors (Lipinski definition) is 5. The Bertz CT molecular complexity index is 1090. The monoisotopic (exact) mass is 392 g/mol. The Labute approximate surface area is 155 Å². The molecule has 7 nitrogen and oxygen atoms in total. The molecule has 0 radical (unpaired) electrons. The minimum atomic E-state index is -0.924. The summed E-state index contributed by atoms with van der Waals surface area (Å²) < 4.78 is 27.5. The molecule has 0 unspecified atom stereocenters. The molecule has 0 aliphatic rings. The Kier molecular flexibility index (Phi) is 5.26. The van der Waals surface area contributed by atoms with Crippen LogP contribution in [0.4, 0.5) is 14.5 Å². The van der Waals surface area contributed by atoms with Crippen LogP contribution in [0.25, 0.3) is 10.2 Å². The van der Waals surface area contributed by atoms with Gasteiger partial charge in [-0.2, -0.15) is 0 Å². The van der Waals surface area contributed by atoms with Crippen molar-refractivity contribution < 1.29 is 18.4 Å². The highest BCUT2D eigenvalue weighted by Gasteiger charge is 2.12. The van der Waals surface area contributed by atoms with Crippen molar-refractivity contribution in [3.63, 3.8) is 0 Å². The van der Waals surface area contributed by atoms with Crippen LogP contribution < -0.4 is 16.2 Å². The van der Waals surface area contributed by atoms with Gasteiger partial charge in [0.2, 0.25) is 11.8 Å². The number of amides is 2. The topological polar surface area (TPSA) is 93.1 Å². The maximum absolute atomic E-state index is 13.5. The van der Waals surface area contributed by atoms with Crippen molar-refractivity contribution in [3.05, 3.63) is 57.5 Å². The largest absolute Gasteiger partial charge is 0.345 e. The molecule has 0 fully saturated rings. The predicted molar refractivity (Wildman–Crippen MR) is 96.6 cm³/mol. The number of carbonyl (C=O) groups is 2. The molecule has 2 amide bonds. The first kappa shape index (κ1) is 18.6. The molecule has 3 rings (SSSR count). The van der Waals surface area contributed by atoms with Gasteiger partial charge in [0.15, 0.2) is 0 Å². The lowest BCUT2D eigenvalue weighted by atomic mass is 10.3. The number of aryl methyl sites for hydroxylation is 1. The van der Waals surface area contributed by atoms with Gasteiger partial charge in [0.25, 0.3) is 5.56 Å². The maximum atomic E-state index is 13.5. The Morgan fingerprint density at radius 2 is 2.00 bits per heavy atom. The number of aromatic nitrogens is 2. The molecule has 27 heavy (non-hydrogen) atoms. The second kappa shape index (κ2) is 7.62. The van der Waals surface area contributed by atoms with Gasteiger partial charge in [0.1, 0.15) is 23.0 Å². The van der Waals surface area contributed by atoms with E-state index in [1.807, 2.05) is 6.92 Å². The molecule has 0 aliphatic carbocycles. The number of carbonyl (C=O) groups excluding carboxylic acids is 2. The summed E-state index contributed by atoms with van der Waals surface area (Å²) in [6.45, 7) is 1.11. The molecule has 140 valence electrons. The first-order chi connectivity index (χ1) is 12.8. The number of nitrogens with zero attached hydrogens (tertiary/aromatic N) is 2. The van der Waals surface area contributed by atoms with Crippen LogP contribution >= 0.6 is 11.3 Å². The van der Waals surface area contributed by atoms with Gasteiger partial charge in [-0.25, -0.2) is 13.8 Å². The molecule has 0 atom stereocenters. The average Bonchev–Trinajstić information content (AvgIpc) is 2.99. The highest BCUT2D eigenvalue weighted by Crippen LogP contribution is 2.19. The summed E-state index contributed by atoms with van der Waals surface area (Å²) in [5.74, 6) is -2.97. The molecule has 0 saturated heterocycles. The van der Waals surface area contributed by atoms with Crippen LogP contribution in [0.2, 0.25) is 0 Å². The van der Waals surface area contributed by atoms with Crippen molar-refractivity contribution >= 4 is 39.1 Å². The van der Waals surface area contributed by atoms with Crippen LogP contribution in [-0.2, 0) is 16.1 Å². The molecule has 2 N–H and O–H groups in total. The van der Waals surface area contributed by atoms with Gasteiger partial charge in [0.05, 0.1) is 23.9 Å². The van der Waals surface area contributed by atoms with Crippen LogP contribution in [0.1, 0.15) is 4.88 Å². The lowest BCUT2D eigenvalue weighted by Crippen LogP contribution is -2.37. The summed E-state index contributed by atoms with van der Waals surface area (Å²) >= 11 is 1.38. The van der Waals surface area contributed by atoms with E-state index in [1.54, 1.807) is 6.07 Å². The Hall–Kier alpha value is -3.14. The van der Waals surface area contributed by atoms with Gasteiger partial charge in [-0.1, -0.05) is 0 Å². The highest BCUT2D eigenvalue weighted by atomic mass is 32.1. The highest BCUT2D eigenvalue weighted by molar-refractivity contribution is 7.18. The van der Waals surface area contributed by atoms with Crippen molar-refractivity contribution in [1.82, 2.24) is 14.9 Å². The summed E-state index contributed by atoms with van der Waals surface area (Å²) in [6.07, 6.45) is 1.27. The number of benzene rings is 1. The molecule has 0 aliphatic heterocycles. The molecular weight excluding hydrogens is 378 g/mol. The fraction of sp³-hybridized carbons (Fsp3) is 0.176. The zero-order chi connectivity index (χ0) is 19.6. The number of anilines is 1. The van der Waals surface area contributed by atoms with E-state index in [0.29, 0.717) is 16.3 Å². The van der Waals surface area contributed by atoms with Gasteiger partial charge in [-0.15, -0.1) is 11.3 Å². The van der Waals surface area contributed by atoms with E-state index in [4.69, 9.17) is 0 Å². The summed E-state index contributed by atoms with van der Waals surface area (Å²) in [5.41, 5.74) is -0.549. The standard InChI is InChI=1S/C17H14F2N4O3S/c1-9-4-11-16(27-9)21-8-23(17(11)26)7-15(25)20-6-14(24)22-13-3-2-10(18)5-12(13)19/h2-5,8H,6-7H2,1H3,(H,20,25)(H,22,24). The lowest BCUT2D eigenvalue weighted by molar-refractivity contribution is -0.124. The van der Waals surface area contributed by atoms with Crippen molar-refractivity contribution in [3.8, 4) is 0 Å². The van der Waals surface area contributed by atoms with Crippen molar-refractivity contribution in [2.75, 3.05) is 11.9 Å². The van der Waals surface area contributed by atoms with Gasteiger partial charge < -0.3 is 10.6 Å². The zero-order valence-corrected chi connectivity index (χ0v) is 14.9. The van der Waals surface area contributed by atoms with E-state index in [9.17, 15) is 23.2 Å². The third-order valence-electron chi connectivity index (χ3n) is 3.61. The second-order valence-corrected chi connectivity index (χ2v) is 6.94. The van der Waals surface area contributed by atoms with Gasteiger partial charge in [0, 0.05) is 10.9 Å². The zero-order valence-electron chi connectivity index (χ0n) is 14.1. The number of halogens is 2. The molecule has 10 heteroatoms. The number of hydrogen-bond donors (Lipinski definition) is 2. The minimum absolute atomic E-state index is 0.200. The third-order valence-corrected chi connectivity index (χ3v) is 4.57. The van der Waals surface area contributed by atoms with E-state index in [0.717, 1.165) is 21.6 Å². The molecule has 2 heterocycles. The van der Waals surface area contributed by atoms with Gasteiger partial charge in [-0.05, 0) is 25.1 Å². The lowest BCUT2D eigenvalue weighted by Gasteiger charge is -2.09. The normalized spacial score (nSPS) is 10.8. The minimum Gasteiger partial charge on any atom is -0.345 e. The quantitative estimate of drug-likeness (QED) is 0.693. The Balaban J connectivity index is 1.59. The fourth-order valence-corrected chi connectivity index (χ4v) is 3.21. The molecule has 0 bridgehead atoms. The average molecular weight is 392 g/mol. The Morgan fingerprint density at radius 1 is 1.22 bits per heavy atom. The molecule has 0 saturated carbocycles. The van der Waals surface area contributed by atoms with E-state index in [1.165, 1.54) is 17.7 Å². The predicted octanol–water partition coefficient (Wildman–Crippen LogP) is 1.80. The van der Waals surface area contributed by atoms with Crippen LogP contribution in [-0.4, -0.2) is 27.9 Å². The van der Waals surface area contributed by atoms with Gasteiger partial charge >= 0.3 is 0 Å².